The number of carbonyl (C=O) groups is 1. The molecule has 3 N–H and O–H groups in total. The molecule has 3 atom stereocenters. The molecule has 5 nitrogen and oxygen atoms in total. The van der Waals surface area contributed by atoms with Crippen molar-refractivity contribution in [3.8, 4) is 11.1 Å². The number of benzene rings is 3. The molecule has 0 aliphatic carbocycles. The van der Waals surface area contributed by atoms with E-state index in [0.29, 0.717) is 24.1 Å². The molecule has 3 aromatic carbocycles. The Labute approximate surface area is 201 Å². The fourth-order valence-corrected chi connectivity index (χ4v) is 4.69. The molecule has 1 saturated heterocycles. The van der Waals surface area contributed by atoms with Gasteiger partial charge in [-0.2, -0.15) is 0 Å². The minimum Gasteiger partial charge on any atom is -0.394 e. The van der Waals surface area contributed by atoms with Crippen molar-refractivity contribution in [3.63, 3.8) is 0 Å². The summed E-state index contributed by atoms with van der Waals surface area (Å²) in [7, 11) is 0. The zero-order valence-corrected chi connectivity index (χ0v) is 19.2. The van der Waals surface area contributed by atoms with Crippen molar-refractivity contribution >= 4 is 6.03 Å². The molecule has 8 heteroatoms. The van der Waals surface area contributed by atoms with E-state index in [1.54, 1.807) is 41.3 Å². The predicted molar refractivity (Wildman–Crippen MR) is 126 cm³/mol. The molecular weight excluding hydrogens is 457 g/mol. The van der Waals surface area contributed by atoms with Gasteiger partial charge < -0.3 is 20.4 Å². The van der Waals surface area contributed by atoms with Crippen LogP contribution in [0, 0.1) is 17.5 Å². The van der Waals surface area contributed by atoms with Crippen LogP contribution in [-0.2, 0) is 5.54 Å². The highest BCUT2D eigenvalue weighted by atomic mass is 19.1. The van der Waals surface area contributed by atoms with E-state index in [0.717, 1.165) is 11.6 Å². The lowest BCUT2D eigenvalue weighted by molar-refractivity contribution is 0.0441. The van der Waals surface area contributed by atoms with Crippen molar-refractivity contribution in [3.05, 3.63) is 95.3 Å². The molecule has 0 spiro atoms. The first-order valence-electron chi connectivity index (χ1n) is 11.4. The molecule has 0 bridgehead atoms. The van der Waals surface area contributed by atoms with E-state index in [2.05, 4.69) is 5.32 Å². The number of aliphatic hydroxyl groups is 2. The number of rotatable bonds is 7. The van der Waals surface area contributed by atoms with Crippen molar-refractivity contribution in [1.29, 1.82) is 0 Å². The number of nitrogens with one attached hydrogen (secondary N) is 1. The van der Waals surface area contributed by atoms with Crippen LogP contribution in [0.1, 0.15) is 36.9 Å². The summed E-state index contributed by atoms with van der Waals surface area (Å²) in [6.45, 7) is 1.78. The maximum Gasteiger partial charge on any atom is 0.318 e. The fourth-order valence-electron chi connectivity index (χ4n) is 4.69. The third-order valence-corrected chi connectivity index (χ3v) is 6.68. The summed E-state index contributed by atoms with van der Waals surface area (Å²) in [6, 6.07) is 15.6. The van der Waals surface area contributed by atoms with Crippen LogP contribution in [-0.4, -0.2) is 40.4 Å². The minimum absolute atomic E-state index is 0.0843. The van der Waals surface area contributed by atoms with E-state index >= 15 is 0 Å². The number of aliphatic hydroxyl groups excluding tert-OH is 2. The maximum atomic E-state index is 14.1. The Balaban J connectivity index is 1.53. The van der Waals surface area contributed by atoms with Crippen LogP contribution in [0.2, 0.25) is 0 Å². The molecule has 1 heterocycles. The van der Waals surface area contributed by atoms with Crippen molar-refractivity contribution < 1.29 is 28.2 Å². The Kier molecular flexibility index (Phi) is 7.14. The van der Waals surface area contributed by atoms with Crippen LogP contribution >= 0.6 is 0 Å². The first-order valence-corrected chi connectivity index (χ1v) is 11.4. The van der Waals surface area contributed by atoms with Crippen LogP contribution in [0.15, 0.2) is 66.7 Å². The molecular formula is C27H27F3N2O3. The topological polar surface area (TPSA) is 72.8 Å². The molecule has 1 aliphatic heterocycles. The van der Waals surface area contributed by atoms with Crippen molar-refractivity contribution in [2.75, 3.05) is 13.2 Å². The summed E-state index contributed by atoms with van der Waals surface area (Å²) < 4.78 is 40.8. The average molecular weight is 485 g/mol. The third kappa shape index (κ3) is 5.18. The maximum absolute atomic E-state index is 14.1. The number of amides is 2. The Morgan fingerprint density at radius 3 is 2.26 bits per heavy atom. The molecule has 3 aromatic rings. The normalized spacial score (nSPS) is 19.8. The van der Waals surface area contributed by atoms with Gasteiger partial charge in [0.15, 0.2) is 0 Å². The van der Waals surface area contributed by atoms with Gasteiger partial charge in [0.05, 0.1) is 24.3 Å². The summed E-state index contributed by atoms with van der Waals surface area (Å²) in [5, 5.41) is 22.5. The molecule has 1 fully saturated rings. The fraction of sp³-hybridized carbons (Fsp3) is 0.296. The lowest BCUT2D eigenvalue weighted by Gasteiger charge is -2.45. The molecule has 0 radical (unpaired) electrons. The van der Waals surface area contributed by atoms with Crippen LogP contribution < -0.4 is 5.32 Å². The summed E-state index contributed by atoms with van der Waals surface area (Å²) in [6.07, 6.45) is -0.533. The van der Waals surface area contributed by atoms with E-state index in [9.17, 15) is 28.2 Å². The Hall–Kier alpha value is -3.36. The van der Waals surface area contributed by atoms with Gasteiger partial charge in [-0.05, 0) is 54.3 Å². The second-order valence-electron chi connectivity index (χ2n) is 8.93. The summed E-state index contributed by atoms with van der Waals surface area (Å²) >= 11 is 0. The van der Waals surface area contributed by atoms with Gasteiger partial charge in [-0.15, -0.1) is 0 Å². The summed E-state index contributed by atoms with van der Waals surface area (Å²) in [5.41, 5.74) is 1.41. The van der Waals surface area contributed by atoms with Crippen LogP contribution in [0.5, 0.6) is 0 Å². The van der Waals surface area contributed by atoms with E-state index in [4.69, 9.17) is 0 Å². The first-order chi connectivity index (χ1) is 16.7. The monoisotopic (exact) mass is 484 g/mol. The van der Waals surface area contributed by atoms with E-state index < -0.39 is 35.7 Å². The number of halogens is 3. The smallest absolute Gasteiger partial charge is 0.318 e. The average Bonchev–Trinajstić information content (AvgIpc) is 2.84. The van der Waals surface area contributed by atoms with Crippen LogP contribution in [0.4, 0.5) is 18.0 Å². The van der Waals surface area contributed by atoms with Gasteiger partial charge >= 0.3 is 6.03 Å². The van der Waals surface area contributed by atoms with Gasteiger partial charge in [-0.25, -0.2) is 18.0 Å². The Morgan fingerprint density at radius 1 is 1.00 bits per heavy atom. The van der Waals surface area contributed by atoms with Crippen LogP contribution in [0.3, 0.4) is 0 Å². The van der Waals surface area contributed by atoms with Gasteiger partial charge in [0.1, 0.15) is 17.5 Å². The number of hydrogen-bond acceptors (Lipinski definition) is 3. The van der Waals surface area contributed by atoms with Crippen molar-refractivity contribution in [2.45, 2.75) is 37.5 Å². The van der Waals surface area contributed by atoms with E-state index in [1.807, 2.05) is 6.92 Å². The number of urea groups is 1. The molecule has 0 saturated carbocycles. The third-order valence-electron chi connectivity index (χ3n) is 6.68. The highest BCUT2D eigenvalue weighted by Gasteiger charge is 2.42. The molecule has 1 aliphatic rings. The van der Waals surface area contributed by atoms with Crippen molar-refractivity contribution in [2.24, 2.45) is 0 Å². The summed E-state index contributed by atoms with van der Waals surface area (Å²) in [5.74, 6) is -1.70. The molecule has 0 aromatic heterocycles. The zero-order valence-electron chi connectivity index (χ0n) is 19.2. The van der Waals surface area contributed by atoms with Gasteiger partial charge in [0.2, 0.25) is 0 Å². The second kappa shape index (κ2) is 10.1. The van der Waals surface area contributed by atoms with Gasteiger partial charge in [-0.3, -0.25) is 0 Å². The Bertz CT molecular complexity index is 1190. The number of hydrogen-bond donors (Lipinski definition) is 3. The summed E-state index contributed by atoms with van der Waals surface area (Å²) in [4.78, 5) is 14.9. The van der Waals surface area contributed by atoms with Crippen LogP contribution in [0.25, 0.3) is 11.1 Å². The second-order valence-corrected chi connectivity index (χ2v) is 8.93. The standard InChI is InChI=1S/C27H27F3N2O3/c1-17(18-2-4-19(5-3-18)24-11-10-22(29)14-25(24)30)32-13-12-27(31-26(32)35,15-23(34)16-33)20-6-8-21(28)9-7-20/h2-11,14,17,23,33-34H,12-13,15-16H2,1H3,(H,31,35). The molecule has 2 amide bonds. The first kappa shape index (κ1) is 24.8. The molecule has 184 valence electrons. The van der Waals surface area contributed by atoms with E-state index in [-0.39, 0.29) is 24.1 Å². The van der Waals surface area contributed by atoms with Gasteiger partial charge in [0, 0.05) is 24.6 Å². The molecule has 35 heavy (non-hydrogen) atoms. The number of carbonyl (C=O) groups excluding carboxylic acids is 1. The van der Waals surface area contributed by atoms with Gasteiger partial charge in [0.25, 0.3) is 0 Å². The quantitative estimate of drug-likeness (QED) is 0.447. The lowest BCUT2D eigenvalue weighted by atomic mass is 9.80. The largest absolute Gasteiger partial charge is 0.394 e. The molecule has 3 unspecified atom stereocenters. The predicted octanol–water partition coefficient (Wildman–Crippen LogP) is 4.89. The highest BCUT2D eigenvalue weighted by molar-refractivity contribution is 5.77. The van der Waals surface area contributed by atoms with Gasteiger partial charge in [-0.1, -0.05) is 36.4 Å². The van der Waals surface area contributed by atoms with E-state index in [1.165, 1.54) is 24.3 Å². The zero-order chi connectivity index (χ0) is 25.2. The Morgan fingerprint density at radius 2 is 1.66 bits per heavy atom. The minimum atomic E-state index is -1.05. The highest BCUT2D eigenvalue weighted by Crippen LogP contribution is 2.36. The van der Waals surface area contributed by atoms with Crippen molar-refractivity contribution in [1.82, 2.24) is 10.2 Å². The SMILES string of the molecule is CC(c1ccc(-c2ccc(F)cc2F)cc1)N1CCC(CC(O)CO)(c2ccc(F)cc2)NC1=O. The number of nitrogens with zero attached hydrogens (tertiary/aromatic N) is 1. The molecule has 4 rings (SSSR count). The lowest BCUT2D eigenvalue weighted by Crippen LogP contribution is -2.59.